The van der Waals surface area contributed by atoms with E-state index in [-0.39, 0.29) is 11.9 Å². The number of carbonyl (C=O) groups excluding carboxylic acids is 1. The first-order chi connectivity index (χ1) is 15.9. The van der Waals surface area contributed by atoms with Crippen LogP contribution in [-0.4, -0.2) is 68.6 Å². The average molecular weight is 455 g/mol. The predicted octanol–water partition coefficient (Wildman–Crippen LogP) is 2.01. The van der Waals surface area contributed by atoms with Gasteiger partial charge in [0.15, 0.2) is 11.5 Å². The molecule has 0 unspecified atom stereocenters. The largest absolute Gasteiger partial charge is 0.454 e. The predicted molar refractivity (Wildman–Crippen MR) is 130 cm³/mol. The normalized spacial score (nSPS) is 13.0. The molecular formula is C24H34N6O3. The van der Waals surface area contributed by atoms with Crippen molar-refractivity contribution in [3.8, 4) is 11.5 Å². The summed E-state index contributed by atoms with van der Waals surface area (Å²) in [7, 11) is 7.25. The summed E-state index contributed by atoms with van der Waals surface area (Å²) >= 11 is 0. The smallest absolute Gasteiger partial charge is 0.253 e. The van der Waals surface area contributed by atoms with Gasteiger partial charge in [-0.05, 0) is 44.2 Å². The summed E-state index contributed by atoms with van der Waals surface area (Å²) in [5.41, 5.74) is 9.29. The minimum atomic E-state index is -0.323. The Morgan fingerprint density at radius 2 is 1.67 bits per heavy atom. The molecule has 1 aliphatic heterocycles. The van der Waals surface area contributed by atoms with Crippen LogP contribution in [0.2, 0.25) is 0 Å². The van der Waals surface area contributed by atoms with Gasteiger partial charge in [0.25, 0.3) is 5.91 Å². The topological polar surface area (TPSA) is 93.9 Å². The van der Waals surface area contributed by atoms with Crippen LogP contribution in [0.5, 0.6) is 11.5 Å². The van der Waals surface area contributed by atoms with E-state index in [0.29, 0.717) is 19.9 Å². The van der Waals surface area contributed by atoms with Gasteiger partial charge in [-0.1, -0.05) is 30.3 Å². The minimum absolute atomic E-state index is 0.00619. The van der Waals surface area contributed by atoms with E-state index in [2.05, 4.69) is 40.2 Å². The number of para-hydroxylation sites is 3. The van der Waals surface area contributed by atoms with Crippen molar-refractivity contribution in [3.63, 3.8) is 0 Å². The molecule has 4 N–H and O–H groups in total. The maximum absolute atomic E-state index is 12.7. The van der Waals surface area contributed by atoms with Crippen LogP contribution < -0.4 is 25.6 Å². The van der Waals surface area contributed by atoms with Crippen molar-refractivity contribution in [1.82, 2.24) is 31.2 Å². The van der Waals surface area contributed by atoms with Crippen LogP contribution in [0.4, 0.5) is 0 Å². The van der Waals surface area contributed by atoms with Gasteiger partial charge in [-0.2, -0.15) is 0 Å². The number of hydrazine groups is 2. The van der Waals surface area contributed by atoms with Crippen molar-refractivity contribution in [3.05, 3.63) is 59.8 Å². The Hall–Kier alpha value is -3.11. The third-order valence-electron chi connectivity index (χ3n) is 5.63. The molecule has 178 valence electrons. The van der Waals surface area contributed by atoms with Gasteiger partial charge in [-0.25, -0.2) is 10.4 Å². The van der Waals surface area contributed by atoms with Gasteiger partial charge in [0.1, 0.15) is 0 Å². The van der Waals surface area contributed by atoms with Crippen molar-refractivity contribution in [2.45, 2.75) is 19.4 Å². The molecule has 2 aromatic carbocycles. The van der Waals surface area contributed by atoms with Gasteiger partial charge in [0, 0.05) is 37.7 Å². The number of nitrogens with one attached hydrogen (secondary N) is 4. The van der Waals surface area contributed by atoms with Crippen molar-refractivity contribution in [1.29, 1.82) is 0 Å². The number of carbonyl (C=O) groups is 1. The van der Waals surface area contributed by atoms with Crippen LogP contribution in [0, 0.1) is 6.92 Å². The molecule has 1 amide bonds. The Bertz CT molecular complexity index is 1030. The molecule has 0 radical (unpaired) electrons. The van der Waals surface area contributed by atoms with Crippen molar-refractivity contribution in [2.75, 3.05) is 41.7 Å². The van der Waals surface area contributed by atoms with Crippen molar-refractivity contribution < 1.29 is 14.3 Å². The van der Waals surface area contributed by atoms with Crippen LogP contribution in [0.3, 0.4) is 0 Å². The van der Waals surface area contributed by atoms with Gasteiger partial charge >= 0.3 is 0 Å². The number of fused-ring (bicyclic) bond motifs is 2. The summed E-state index contributed by atoms with van der Waals surface area (Å²) in [4.78, 5) is 16.1. The van der Waals surface area contributed by atoms with Crippen LogP contribution in [0.15, 0.2) is 48.5 Å². The van der Waals surface area contributed by atoms with Crippen molar-refractivity contribution in [2.24, 2.45) is 0 Å². The fraction of sp³-hybridized carbons (Fsp3) is 0.375. The second-order valence-electron chi connectivity index (χ2n) is 7.79. The molecule has 1 aromatic heterocycles. The maximum atomic E-state index is 12.7. The number of aryl methyl sites for hydroxylation is 1. The molecule has 9 heteroatoms. The van der Waals surface area contributed by atoms with E-state index in [1.165, 1.54) is 16.0 Å². The lowest BCUT2D eigenvalue weighted by Crippen LogP contribution is -2.53. The lowest BCUT2D eigenvalue weighted by molar-refractivity contribution is -0.134. The summed E-state index contributed by atoms with van der Waals surface area (Å²) in [6, 6.07) is 15.5. The Labute approximate surface area is 195 Å². The van der Waals surface area contributed by atoms with E-state index in [9.17, 15) is 4.79 Å². The van der Waals surface area contributed by atoms with E-state index in [0.717, 1.165) is 22.7 Å². The molecule has 33 heavy (non-hydrogen) atoms. The minimum Gasteiger partial charge on any atom is -0.454 e. The van der Waals surface area contributed by atoms with Crippen LogP contribution in [0.25, 0.3) is 10.9 Å². The Morgan fingerprint density at radius 3 is 2.30 bits per heavy atom. The van der Waals surface area contributed by atoms with E-state index in [1.807, 2.05) is 55.5 Å². The number of rotatable bonds is 8. The summed E-state index contributed by atoms with van der Waals surface area (Å²) < 4.78 is 10.2. The lowest BCUT2D eigenvalue weighted by atomic mass is 10.0. The van der Waals surface area contributed by atoms with Gasteiger partial charge in [-0.3, -0.25) is 20.5 Å². The van der Waals surface area contributed by atoms with Crippen LogP contribution >= 0.6 is 0 Å². The fourth-order valence-electron chi connectivity index (χ4n) is 3.56. The van der Waals surface area contributed by atoms with E-state index in [4.69, 9.17) is 9.47 Å². The van der Waals surface area contributed by atoms with Crippen molar-refractivity contribution >= 4 is 16.8 Å². The number of aromatic nitrogens is 1. The molecule has 0 fully saturated rings. The molecular weight excluding hydrogens is 420 g/mol. The third kappa shape index (κ3) is 6.23. The molecule has 0 spiro atoms. The van der Waals surface area contributed by atoms with Gasteiger partial charge in [0.05, 0.1) is 12.7 Å². The molecule has 4 rings (SSSR count). The number of benzene rings is 2. The quantitative estimate of drug-likeness (QED) is 0.306. The zero-order chi connectivity index (χ0) is 23.8. The molecule has 2 heterocycles. The monoisotopic (exact) mass is 454 g/mol. The van der Waals surface area contributed by atoms with E-state index < -0.39 is 0 Å². The molecule has 3 aromatic rings. The summed E-state index contributed by atoms with van der Waals surface area (Å²) in [5, 5.41) is 7.91. The Kier molecular flexibility index (Phi) is 8.67. The first-order valence-electron chi connectivity index (χ1n) is 10.9. The van der Waals surface area contributed by atoms with Gasteiger partial charge in [-0.15, -0.1) is 0 Å². The standard InChI is InChI=1S/C17H28N6O.C7H6O2/c1-12-14(13-8-6-7-9-15(13)21-12)10-16(17(24)23(5)19-3)20-11-22(4)18-2;1-2-4-7-6(3-1)8-5-9-7/h6-9,16,18-21H,10-11H2,1-5H3;1-4H,5H2/t16-;/m1./s1. The number of H-pyrrole nitrogens is 1. The first-order valence-corrected chi connectivity index (χ1v) is 10.9. The number of nitrogens with zero attached hydrogens (tertiary/aromatic N) is 2. The molecule has 0 saturated carbocycles. The number of ether oxygens (including phenoxy) is 2. The number of amides is 1. The molecule has 0 saturated heterocycles. The zero-order valence-corrected chi connectivity index (χ0v) is 19.9. The second kappa shape index (κ2) is 11.7. The summed E-state index contributed by atoms with van der Waals surface area (Å²) in [6.45, 7) is 2.98. The fourth-order valence-corrected chi connectivity index (χ4v) is 3.56. The number of aromatic amines is 1. The maximum Gasteiger partial charge on any atom is 0.253 e. The third-order valence-corrected chi connectivity index (χ3v) is 5.63. The van der Waals surface area contributed by atoms with Crippen LogP contribution in [0.1, 0.15) is 11.3 Å². The molecule has 0 bridgehead atoms. The first kappa shape index (κ1) is 24.5. The molecule has 9 nitrogen and oxygen atoms in total. The van der Waals surface area contributed by atoms with E-state index >= 15 is 0 Å². The number of hydrogen-bond donors (Lipinski definition) is 4. The summed E-state index contributed by atoms with van der Waals surface area (Å²) in [6.07, 6.45) is 0.623. The van der Waals surface area contributed by atoms with E-state index in [1.54, 1.807) is 14.1 Å². The molecule has 0 aliphatic carbocycles. The van der Waals surface area contributed by atoms with Gasteiger partial charge in [0.2, 0.25) is 6.79 Å². The molecule has 1 aliphatic rings. The summed E-state index contributed by atoms with van der Waals surface area (Å²) in [5.74, 6) is 1.70. The average Bonchev–Trinajstić information content (AvgIpc) is 3.44. The highest BCUT2D eigenvalue weighted by atomic mass is 16.7. The number of likely N-dealkylation sites (N-methyl/N-ethyl adjacent to an activating group) is 1. The second-order valence-corrected chi connectivity index (χ2v) is 7.79. The Morgan fingerprint density at radius 1 is 1.03 bits per heavy atom. The SMILES string of the molecule is CNN(C)CN[C@H](Cc1c(C)[nH]c2ccccc12)C(=O)N(C)NC.c1ccc2c(c1)OCO2. The number of hydrogen-bond acceptors (Lipinski definition) is 7. The van der Waals surface area contributed by atoms with Gasteiger partial charge < -0.3 is 14.5 Å². The highest BCUT2D eigenvalue weighted by Gasteiger charge is 2.24. The highest BCUT2D eigenvalue weighted by Crippen LogP contribution is 2.30. The lowest BCUT2D eigenvalue weighted by Gasteiger charge is -2.26. The Balaban J connectivity index is 0.000000280. The van der Waals surface area contributed by atoms with Crippen LogP contribution in [-0.2, 0) is 11.2 Å². The highest BCUT2D eigenvalue weighted by molar-refractivity contribution is 5.87. The molecule has 1 atom stereocenters. The zero-order valence-electron chi connectivity index (χ0n) is 19.9.